The van der Waals surface area contributed by atoms with E-state index in [2.05, 4.69) is 22.4 Å². The predicted octanol–water partition coefficient (Wildman–Crippen LogP) is 3.50. The first kappa shape index (κ1) is 16.8. The van der Waals surface area contributed by atoms with E-state index >= 15 is 0 Å². The van der Waals surface area contributed by atoms with Gasteiger partial charge in [-0.15, -0.1) is 10.2 Å². The monoisotopic (exact) mass is 336 g/mol. The first-order valence-electron chi connectivity index (χ1n) is 7.20. The molecule has 0 saturated heterocycles. The highest BCUT2D eigenvalue weighted by atomic mass is 32.2. The molecule has 0 saturated carbocycles. The van der Waals surface area contributed by atoms with E-state index in [1.54, 1.807) is 0 Å². The van der Waals surface area contributed by atoms with E-state index in [1.807, 2.05) is 32.0 Å². The number of hydrogen-bond acceptors (Lipinski definition) is 6. The van der Waals surface area contributed by atoms with Crippen LogP contribution in [-0.4, -0.2) is 21.4 Å². The minimum absolute atomic E-state index is 0.00901. The molecule has 0 aliphatic heterocycles. The van der Waals surface area contributed by atoms with Crippen LogP contribution in [0.25, 0.3) is 0 Å². The standard InChI is InChI=1S/C15H20N4OS2/c1-4-10-8-6-7-9(3)12(10)17-13(20)11(5-2)21-15-19-18-14(16)22-15/h6-8,11H,4-5H2,1-3H3,(H2,16,18)(H,17,20). The first-order valence-corrected chi connectivity index (χ1v) is 8.89. The van der Waals surface area contributed by atoms with Crippen molar-refractivity contribution in [3.8, 4) is 0 Å². The molecule has 1 aromatic heterocycles. The van der Waals surface area contributed by atoms with E-state index in [0.29, 0.717) is 11.6 Å². The molecule has 22 heavy (non-hydrogen) atoms. The van der Waals surface area contributed by atoms with Gasteiger partial charge in [-0.3, -0.25) is 4.79 Å². The first-order chi connectivity index (χ1) is 10.5. The van der Waals surface area contributed by atoms with Gasteiger partial charge in [-0.05, 0) is 30.9 Å². The largest absolute Gasteiger partial charge is 0.374 e. The summed E-state index contributed by atoms with van der Waals surface area (Å²) in [5.74, 6) is -0.00901. The summed E-state index contributed by atoms with van der Waals surface area (Å²) in [5.41, 5.74) is 8.73. The topological polar surface area (TPSA) is 80.9 Å². The lowest BCUT2D eigenvalue weighted by Crippen LogP contribution is -2.25. The zero-order valence-electron chi connectivity index (χ0n) is 12.9. The normalized spacial score (nSPS) is 12.1. The van der Waals surface area contributed by atoms with Crippen LogP contribution < -0.4 is 11.1 Å². The van der Waals surface area contributed by atoms with Gasteiger partial charge in [0, 0.05) is 5.69 Å². The number of thioether (sulfide) groups is 1. The maximum Gasteiger partial charge on any atom is 0.237 e. The Balaban J connectivity index is 2.13. The maximum absolute atomic E-state index is 12.6. The van der Waals surface area contributed by atoms with Crippen LogP contribution in [0.4, 0.5) is 10.8 Å². The third kappa shape index (κ3) is 3.98. The fourth-order valence-electron chi connectivity index (χ4n) is 2.12. The number of nitrogens with two attached hydrogens (primary N) is 1. The average Bonchev–Trinajstić information content (AvgIpc) is 2.92. The Kier molecular flexibility index (Phi) is 5.79. The predicted molar refractivity (Wildman–Crippen MR) is 93.4 cm³/mol. The molecule has 1 aromatic carbocycles. The highest BCUT2D eigenvalue weighted by molar-refractivity contribution is 8.02. The highest BCUT2D eigenvalue weighted by Gasteiger charge is 2.21. The van der Waals surface area contributed by atoms with Crippen LogP contribution in [0, 0.1) is 6.92 Å². The molecule has 7 heteroatoms. The Morgan fingerprint density at radius 3 is 2.77 bits per heavy atom. The summed E-state index contributed by atoms with van der Waals surface area (Å²) in [6, 6.07) is 6.07. The summed E-state index contributed by atoms with van der Waals surface area (Å²) in [7, 11) is 0. The van der Waals surface area contributed by atoms with Crippen molar-refractivity contribution in [1.29, 1.82) is 0 Å². The molecular formula is C15H20N4OS2. The van der Waals surface area contributed by atoms with Gasteiger partial charge in [-0.1, -0.05) is 55.1 Å². The van der Waals surface area contributed by atoms with Crippen LogP contribution in [0.1, 0.15) is 31.4 Å². The van der Waals surface area contributed by atoms with E-state index in [-0.39, 0.29) is 11.2 Å². The summed E-state index contributed by atoms with van der Waals surface area (Å²) >= 11 is 2.71. The van der Waals surface area contributed by atoms with Gasteiger partial charge in [0.25, 0.3) is 0 Å². The third-order valence-electron chi connectivity index (χ3n) is 3.32. The van der Waals surface area contributed by atoms with Gasteiger partial charge in [-0.2, -0.15) is 0 Å². The molecular weight excluding hydrogens is 316 g/mol. The molecule has 2 aromatic rings. The zero-order valence-corrected chi connectivity index (χ0v) is 14.6. The number of nitrogens with zero attached hydrogens (tertiary/aromatic N) is 2. The van der Waals surface area contributed by atoms with E-state index in [1.165, 1.54) is 23.1 Å². The number of rotatable bonds is 6. The third-order valence-corrected chi connectivity index (χ3v) is 5.52. The molecule has 2 rings (SSSR count). The second-order valence-electron chi connectivity index (χ2n) is 4.87. The van der Waals surface area contributed by atoms with Gasteiger partial charge < -0.3 is 11.1 Å². The zero-order chi connectivity index (χ0) is 16.1. The van der Waals surface area contributed by atoms with Gasteiger partial charge in [0.05, 0.1) is 5.25 Å². The van der Waals surface area contributed by atoms with E-state index in [4.69, 9.17) is 5.73 Å². The van der Waals surface area contributed by atoms with Gasteiger partial charge in [0.1, 0.15) is 0 Å². The fourth-order valence-corrected chi connectivity index (χ4v) is 3.92. The number of nitrogens with one attached hydrogen (secondary N) is 1. The number of para-hydroxylation sites is 1. The number of aryl methyl sites for hydroxylation is 2. The maximum atomic E-state index is 12.6. The fraction of sp³-hybridized carbons (Fsp3) is 0.400. The van der Waals surface area contributed by atoms with Crippen molar-refractivity contribution in [2.24, 2.45) is 0 Å². The molecule has 5 nitrogen and oxygen atoms in total. The summed E-state index contributed by atoms with van der Waals surface area (Å²) in [5, 5.41) is 11.0. The smallest absolute Gasteiger partial charge is 0.237 e. The lowest BCUT2D eigenvalue weighted by atomic mass is 10.1. The van der Waals surface area contributed by atoms with Gasteiger partial charge in [0.15, 0.2) is 4.34 Å². The summed E-state index contributed by atoms with van der Waals surface area (Å²) in [6.45, 7) is 6.08. The number of carbonyl (C=O) groups excluding carboxylic acids is 1. The van der Waals surface area contributed by atoms with Crippen LogP contribution in [-0.2, 0) is 11.2 Å². The second-order valence-corrected chi connectivity index (χ2v) is 7.33. The van der Waals surface area contributed by atoms with Gasteiger partial charge in [-0.25, -0.2) is 0 Å². The quantitative estimate of drug-likeness (QED) is 0.789. The minimum atomic E-state index is -0.211. The summed E-state index contributed by atoms with van der Waals surface area (Å²) in [6.07, 6.45) is 1.59. The van der Waals surface area contributed by atoms with E-state index in [9.17, 15) is 4.79 Å². The molecule has 1 amide bonds. The Morgan fingerprint density at radius 1 is 1.41 bits per heavy atom. The molecule has 1 atom stereocenters. The van der Waals surface area contributed by atoms with E-state index in [0.717, 1.165) is 27.6 Å². The van der Waals surface area contributed by atoms with Crippen molar-refractivity contribution in [2.75, 3.05) is 11.1 Å². The minimum Gasteiger partial charge on any atom is -0.374 e. The molecule has 0 aliphatic carbocycles. The van der Waals surface area contributed by atoms with E-state index < -0.39 is 0 Å². The molecule has 118 valence electrons. The van der Waals surface area contributed by atoms with Crippen molar-refractivity contribution in [1.82, 2.24) is 10.2 Å². The van der Waals surface area contributed by atoms with Crippen LogP contribution >= 0.6 is 23.1 Å². The molecule has 1 heterocycles. The van der Waals surface area contributed by atoms with Crippen LogP contribution in [0.2, 0.25) is 0 Å². The Bertz CT molecular complexity index is 657. The molecule has 1 unspecified atom stereocenters. The Morgan fingerprint density at radius 2 is 2.18 bits per heavy atom. The lowest BCUT2D eigenvalue weighted by molar-refractivity contribution is -0.115. The molecule has 0 bridgehead atoms. The van der Waals surface area contributed by atoms with Crippen molar-refractivity contribution in [3.63, 3.8) is 0 Å². The Hall–Kier alpha value is -1.60. The number of amides is 1. The highest BCUT2D eigenvalue weighted by Crippen LogP contribution is 2.30. The SMILES string of the molecule is CCc1cccc(C)c1NC(=O)C(CC)Sc1nnc(N)s1. The molecule has 0 radical (unpaired) electrons. The average molecular weight is 336 g/mol. The van der Waals surface area contributed by atoms with Crippen molar-refractivity contribution < 1.29 is 4.79 Å². The van der Waals surface area contributed by atoms with Crippen LogP contribution in [0.5, 0.6) is 0 Å². The van der Waals surface area contributed by atoms with Crippen molar-refractivity contribution in [3.05, 3.63) is 29.3 Å². The van der Waals surface area contributed by atoms with Gasteiger partial charge >= 0.3 is 0 Å². The number of carbonyl (C=O) groups is 1. The summed E-state index contributed by atoms with van der Waals surface area (Å²) in [4.78, 5) is 12.6. The number of hydrogen-bond donors (Lipinski definition) is 2. The molecule has 0 spiro atoms. The molecule has 0 aliphatic rings. The van der Waals surface area contributed by atoms with Crippen LogP contribution in [0.3, 0.4) is 0 Å². The van der Waals surface area contributed by atoms with Crippen molar-refractivity contribution >= 4 is 39.8 Å². The van der Waals surface area contributed by atoms with Gasteiger partial charge in [0.2, 0.25) is 11.0 Å². The Labute approximate surface area is 138 Å². The summed E-state index contributed by atoms with van der Waals surface area (Å²) < 4.78 is 0.722. The number of aromatic nitrogens is 2. The number of anilines is 2. The van der Waals surface area contributed by atoms with Crippen molar-refractivity contribution in [2.45, 2.75) is 43.2 Å². The molecule has 0 fully saturated rings. The molecule has 3 N–H and O–H groups in total. The number of benzene rings is 1. The number of nitrogen functional groups attached to an aromatic ring is 1. The lowest BCUT2D eigenvalue weighted by Gasteiger charge is -2.17. The van der Waals surface area contributed by atoms with Crippen LogP contribution in [0.15, 0.2) is 22.5 Å². The second kappa shape index (κ2) is 7.60.